The van der Waals surface area contributed by atoms with E-state index < -0.39 is 24.1 Å². The number of ether oxygens (including phenoxy) is 3. The molecule has 0 aliphatic rings. The molecule has 0 aromatic rings. The van der Waals surface area contributed by atoms with Crippen LogP contribution in [0, 0.1) is 0 Å². The zero-order valence-electron chi connectivity index (χ0n) is 34.4. The fourth-order valence-corrected chi connectivity index (χ4v) is 5.73. The molecule has 0 radical (unpaired) electrons. The molecule has 0 aliphatic carbocycles. The van der Waals surface area contributed by atoms with Crippen LogP contribution in [-0.2, 0) is 28.6 Å². The van der Waals surface area contributed by atoms with Crippen LogP contribution in [0.1, 0.15) is 155 Å². The predicted molar refractivity (Wildman–Crippen MR) is 220 cm³/mol. The van der Waals surface area contributed by atoms with Crippen molar-refractivity contribution in [3.05, 3.63) is 60.8 Å². The molecule has 0 amide bonds. The van der Waals surface area contributed by atoms with Gasteiger partial charge in [-0.1, -0.05) is 145 Å². The van der Waals surface area contributed by atoms with Gasteiger partial charge in [0, 0.05) is 12.8 Å². The highest BCUT2D eigenvalue weighted by Gasteiger charge is 2.31. The van der Waals surface area contributed by atoms with Crippen LogP contribution in [0.5, 0.6) is 0 Å². The highest BCUT2D eigenvalue weighted by atomic mass is 16.6. The highest BCUT2D eigenvalue weighted by Crippen LogP contribution is 2.14. The Morgan fingerprint density at radius 1 is 0.623 bits per heavy atom. The first-order valence-corrected chi connectivity index (χ1v) is 20.8. The van der Waals surface area contributed by atoms with Gasteiger partial charge in [0.1, 0.15) is 6.61 Å². The number of carbonyl (C=O) groups excluding carboxylic acids is 2. The second-order valence-electron chi connectivity index (χ2n) is 14.9. The van der Waals surface area contributed by atoms with Gasteiger partial charge in [-0.2, -0.15) is 0 Å². The quantitative estimate of drug-likeness (QED) is 0.0224. The van der Waals surface area contributed by atoms with Crippen LogP contribution in [0.25, 0.3) is 0 Å². The Bertz CT molecular complexity index is 1050. The molecule has 8 nitrogen and oxygen atoms in total. The molecule has 53 heavy (non-hydrogen) atoms. The van der Waals surface area contributed by atoms with Crippen LogP contribution in [0.3, 0.4) is 0 Å². The lowest BCUT2D eigenvalue weighted by Crippen LogP contribution is -2.50. The zero-order chi connectivity index (χ0) is 39.3. The molecule has 0 saturated carbocycles. The molecule has 1 N–H and O–H groups in total. The number of aliphatic carboxylic acids is 1. The fourth-order valence-electron chi connectivity index (χ4n) is 5.73. The van der Waals surface area contributed by atoms with Crippen molar-refractivity contribution in [1.82, 2.24) is 0 Å². The lowest BCUT2D eigenvalue weighted by Gasteiger charge is -2.31. The molecule has 8 heteroatoms. The Morgan fingerprint density at radius 2 is 1.15 bits per heavy atom. The van der Waals surface area contributed by atoms with E-state index in [1.807, 2.05) is 27.2 Å². The van der Waals surface area contributed by atoms with E-state index in [1.165, 1.54) is 83.5 Å². The summed E-state index contributed by atoms with van der Waals surface area (Å²) in [7, 11) is 5.49. The molecule has 0 aromatic carbocycles. The van der Waals surface area contributed by atoms with E-state index in [2.05, 4.69) is 62.5 Å². The van der Waals surface area contributed by atoms with E-state index in [0.717, 1.165) is 38.5 Å². The fraction of sp³-hybridized carbons (Fsp3) is 0.711. The number of likely N-dealkylation sites (N-methyl/N-ethyl adjacent to an activating group) is 1. The third kappa shape index (κ3) is 34.5. The highest BCUT2D eigenvalue weighted by molar-refractivity contribution is 5.72. The first kappa shape index (κ1) is 50.0. The molecule has 0 rings (SSSR count). The van der Waals surface area contributed by atoms with Gasteiger partial charge in [-0.05, 0) is 51.4 Å². The van der Waals surface area contributed by atoms with E-state index in [0.29, 0.717) is 12.8 Å². The number of esters is 2. The SMILES string of the molecule is CC/C=C/C/C=C/C/C=C/CC(=O)OCC(COCCC(C(=O)O)[N+](C)(C)C)OC(=O)CCCCCCCCCCCC/C=C/C=C/CCCCCC. The smallest absolute Gasteiger partial charge is 0.362 e. The van der Waals surface area contributed by atoms with Crippen molar-refractivity contribution in [3.8, 4) is 0 Å². The molecule has 0 bridgehead atoms. The van der Waals surface area contributed by atoms with Crippen molar-refractivity contribution in [1.29, 1.82) is 0 Å². The molecule has 0 fully saturated rings. The summed E-state index contributed by atoms with van der Waals surface area (Å²) < 4.78 is 17.1. The summed E-state index contributed by atoms with van der Waals surface area (Å²) in [6.45, 7) is 4.47. The van der Waals surface area contributed by atoms with Gasteiger partial charge in [-0.15, -0.1) is 0 Å². The van der Waals surface area contributed by atoms with Gasteiger partial charge in [0.15, 0.2) is 12.1 Å². The maximum Gasteiger partial charge on any atom is 0.362 e. The van der Waals surface area contributed by atoms with Crippen LogP contribution in [0.2, 0.25) is 0 Å². The summed E-state index contributed by atoms with van der Waals surface area (Å²) in [4.78, 5) is 36.7. The van der Waals surface area contributed by atoms with Crippen molar-refractivity contribution in [2.75, 3.05) is 41.0 Å². The normalized spacial score (nSPS) is 13.6. The summed E-state index contributed by atoms with van der Waals surface area (Å²) >= 11 is 0. The van der Waals surface area contributed by atoms with Crippen LogP contribution in [0.15, 0.2) is 60.8 Å². The van der Waals surface area contributed by atoms with Gasteiger partial charge in [0.25, 0.3) is 0 Å². The predicted octanol–water partition coefficient (Wildman–Crippen LogP) is 11.0. The summed E-state index contributed by atoms with van der Waals surface area (Å²) in [6, 6.07) is -0.627. The minimum absolute atomic E-state index is 0.0307. The zero-order valence-corrected chi connectivity index (χ0v) is 34.4. The number of hydrogen-bond acceptors (Lipinski definition) is 6. The van der Waals surface area contributed by atoms with Crippen LogP contribution in [0.4, 0.5) is 0 Å². The Kier molecular flexibility index (Phi) is 34.0. The lowest BCUT2D eigenvalue weighted by molar-refractivity contribution is -0.887. The Balaban J connectivity index is 4.35. The van der Waals surface area contributed by atoms with E-state index in [4.69, 9.17) is 14.2 Å². The number of carboxylic acids is 1. The summed E-state index contributed by atoms with van der Waals surface area (Å²) in [5, 5.41) is 9.59. The molecule has 304 valence electrons. The van der Waals surface area contributed by atoms with Crippen molar-refractivity contribution < 1.29 is 38.2 Å². The van der Waals surface area contributed by atoms with Crippen LogP contribution in [-0.4, -0.2) is 80.6 Å². The number of nitrogens with zero attached hydrogens (tertiary/aromatic N) is 1. The standard InChI is InChI=1S/C45H77NO7/c1-6-8-10-12-14-16-17-18-19-20-21-22-23-24-25-26-28-30-32-34-36-44(48)53-41(39-51-38-37-42(45(49)50)46(3,4)5)40-52-43(47)35-33-31-29-27-15-13-11-9-7-2/h9,11,15-19,27,31,33,41-42H,6-8,10,12-14,20-26,28-30,32,34-40H2,1-5H3/p+1/b11-9+,17-16+,19-18+,27-15+,33-31+. The Labute approximate surface area is 324 Å². The summed E-state index contributed by atoms with van der Waals surface area (Å²) in [5.74, 6) is -1.63. The number of allylic oxidation sites excluding steroid dienone is 9. The number of hydrogen-bond donors (Lipinski definition) is 1. The first-order chi connectivity index (χ1) is 25.6. The van der Waals surface area contributed by atoms with Crippen LogP contribution < -0.4 is 0 Å². The average molecular weight is 745 g/mol. The second-order valence-corrected chi connectivity index (χ2v) is 14.9. The largest absolute Gasteiger partial charge is 0.477 e. The monoisotopic (exact) mass is 745 g/mol. The number of carboxylic acid groups (broad SMARTS) is 1. The average Bonchev–Trinajstić information content (AvgIpc) is 3.11. The van der Waals surface area contributed by atoms with Gasteiger partial charge >= 0.3 is 17.9 Å². The molecule has 0 aliphatic heterocycles. The van der Waals surface area contributed by atoms with E-state index in [1.54, 1.807) is 6.08 Å². The van der Waals surface area contributed by atoms with Gasteiger partial charge < -0.3 is 23.8 Å². The third-order valence-electron chi connectivity index (χ3n) is 8.96. The van der Waals surface area contributed by atoms with Gasteiger partial charge in [0.2, 0.25) is 0 Å². The number of unbranched alkanes of at least 4 members (excludes halogenated alkanes) is 14. The van der Waals surface area contributed by atoms with E-state index in [9.17, 15) is 19.5 Å². The Morgan fingerprint density at radius 3 is 1.70 bits per heavy atom. The number of rotatable bonds is 36. The molecular weight excluding hydrogens is 666 g/mol. The van der Waals surface area contributed by atoms with Crippen molar-refractivity contribution in [2.24, 2.45) is 0 Å². The minimum atomic E-state index is -0.888. The molecule has 2 unspecified atom stereocenters. The molecule has 0 saturated heterocycles. The summed E-state index contributed by atoms with van der Waals surface area (Å²) in [5.41, 5.74) is 0. The number of carbonyl (C=O) groups is 3. The maximum absolute atomic E-state index is 12.7. The summed E-state index contributed by atoms with van der Waals surface area (Å²) in [6.07, 6.45) is 43.1. The third-order valence-corrected chi connectivity index (χ3v) is 8.96. The minimum Gasteiger partial charge on any atom is -0.477 e. The van der Waals surface area contributed by atoms with Gasteiger partial charge in [-0.25, -0.2) is 4.79 Å². The molecule has 0 spiro atoms. The molecule has 2 atom stereocenters. The van der Waals surface area contributed by atoms with Crippen molar-refractivity contribution >= 4 is 17.9 Å². The van der Waals surface area contributed by atoms with E-state index in [-0.39, 0.29) is 36.7 Å². The second kappa shape index (κ2) is 36.0. The van der Waals surface area contributed by atoms with E-state index >= 15 is 0 Å². The lowest BCUT2D eigenvalue weighted by atomic mass is 10.1. The van der Waals surface area contributed by atoms with Crippen LogP contribution >= 0.6 is 0 Å². The first-order valence-electron chi connectivity index (χ1n) is 20.8. The molecular formula is C45H78NO7+. The van der Waals surface area contributed by atoms with Gasteiger partial charge in [-0.3, -0.25) is 9.59 Å². The molecule has 0 heterocycles. The molecule has 0 aromatic heterocycles. The topological polar surface area (TPSA) is 99.1 Å². The number of quaternary nitrogens is 1. The maximum atomic E-state index is 12.7. The van der Waals surface area contributed by atoms with Crippen molar-refractivity contribution in [3.63, 3.8) is 0 Å². The van der Waals surface area contributed by atoms with Gasteiger partial charge in [0.05, 0.1) is 40.8 Å². The Hall–Kier alpha value is -2.97. The van der Waals surface area contributed by atoms with Crippen molar-refractivity contribution in [2.45, 2.75) is 167 Å².